The summed E-state index contributed by atoms with van der Waals surface area (Å²) < 4.78 is 5.73. The van der Waals surface area contributed by atoms with Crippen LogP contribution in [0.4, 0.5) is 0 Å². The molecule has 0 rings (SSSR count). The van der Waals surface area contributed by atoms with Crippen molar-refractivity contribution in [1.29, 1.82) is 0 Å². The first-order valence-electron chi connectivity index (χ1n) is 4.09. The van der Waals surface area contributed by atoms with Crippen molar-refractivity contribution in [2.75, 3.05) is 6.61 Å². The van der Waals surface area contributed by atoms with Crippen LogP contribution in [0.5, 0.6) is 0 Å². The maximum Gasteiger partial charge on any atom is 0.192 e. The summed E-state index contributed by atoms with van der Waals surface area (Å²) in [6.07, 6.45) is 0. The highest BCUT2D eigenvalue weighted by atomic mass is 35.5. The Morgan fingerprint density at radius 3 is 1.92 bits per heavy atom. The van der Waals surface area contributed by atoms with E-state index in [0.717, 1.165) is 0 Å². The normalized spacial score (nSPS) is 14.0. The fourth-order valence-corrected chi connectivity index (χ4v) is 1.84. The summed E-state index contributed by atoms with van der Waals surface area (Å²) in [5, 5.41) is 0.232. The third-order valence-corrected chi connectivity index (χ3v) is 7.13. The van der Waals surface area contributed by atoms with Crippen LogP contribution in [0.25, 0.3) is 0 Å². The predicted octanol–water partition coefficient (Wildman–Crippen LogP) is 3.81. The first-order chi connectivity index (χ1) is 5.17. The summed E-state index contributed by atoms with van der Waals surface area (Å²) in [6, 6.07) is 0. The van der Waals surface area contributed by atoms with E-state index in [-0.39, 0.29) is 5.04 Å². The predicted molar refractivity (Wildman–Crippen MR) is 58.6 cm³/mol. The van der Waals surface area contributed by atoms with E-state index in [1.807, 2.05) is 0 Å². The van der Waals surface area contributed by atoms with Crippen LogP contribution in [0, 0.1) is 0 Å². The van der Waals surface area contributed by atoms with Gasteiger partial charge < -0.3 is 4.43 Å². The molecule has 0 spiro atoms. The van der Waals surface area contributed by atoms with E-state index in [4.69, 9.17) is 27.6 Å². The van der Waals surface area contributed by atoms with Crippen LogP contribution in [0.15, 0.2) is 0 Å². The average molecular weight is 229 g/mol. The Morgan fingerprint density at radius 1 is 1.25 bits per heavy atom. The molecule has 0 saturated heterocycles. The van der Waals surface area contributed by atoms with Gasteiger partial charge in [0.1, 0.15) is 4.84 Å². The van der Waals surface area contributed by atoms with Gasteiger partial charge in [-0.3, -0.25) is 0 Å². The quantitative estimate of drug-likeness (QED) is 0.528. The van der Waals surface area contributed by atoms with Crippen molar-refractivity contribution in [3.05, 3.63) is 0 Å². The Balaban J connectivity index is 4.05. The van der Waals surface area contributed by atoms with Crippen LogP contribution in [0.2, 0.25) is 18.1 Å². The molecule has 4 heteroatoms. The van der Waals surface area contributed by atoms with Crippen molar-refractivity contribution in [3.8, 4) is 0 Å². The molecule has 0 aromatic rings. The standard InChI is InChI=1S/C8H18Cl2OSi/c1-8(2,3)12(4,5)11-6-7(9)10/h7H,6H2,1-5H3. The van der Waals surface area contributed by atoms with Crippen LogP contribution < -0.4 is 0 Å². The molecule has 0 aliphatic heterocycles. The van der Waals surface area contributed by atoms with Crippen LogP contribution in [0.1, 0.15) is 20.8 Å². The topological polar surface area (TPSA) is 9.23 Å². The van der Waals surface area contributed by atoms with Gasteiger partial charge in [0.05, 0.1) is 6.61 Å². The van der Waals surface area contributed by atoms with E-state index in [2.05, 4.69) is 33.9 Å². The summed E-state index contributed by atoms with van der Waals surface area (Å²) in [5.41, 5.74) is 0. The van der Waals surface area contributed by atoms with Crippen molar-refractivity contribution >= 4 is 31.5 Å². The Labute approximate surface area is 86.5 Å². The van der Waals surface area contributed by atoms with Gasteiger partial charge in [-0.2, -0.15) is 0 Å². The van der Waals surface area contributed by atoms with Crippen LogP contribution in [-0.2, 0) is 4.43 Å². The summed E-state index contributed by atoms with van der Waals surface area (Å²) in [7, 11) is -1.64. The Hall–Kier alpha value is 0.757. The van der Waals surface area contributed by atoms with Crippen molar-refractivity contribution in [2.24, 2.45) is 0 Å². The Morgan fingerprint density at radius 2 is 1.67 bits per heavy atom. The van der Waals surface area contributed by atoms with Crippen molar-refractivity contribution in [3.63, 3.8) is 0 Å². The zero-order valence-corrected chi connectivity index (χ0v) is 11.0. The number of halogens is 2. The minimum atomic E-state index is -1.64. The lowest BCUT2D eigenvalue weighted by molar-refractivity contribution is 0.303. The van der Waals surface area contributed by atoms with Gasteiger partial charge in [-0.05, 0) is 18.1 Å². The van der Waals surface area contributed by atoms with Gasteiger partial charge >= 0.3 is 0 Å². The molecule has 0 radical (unpaired) electrons. The van der Waals surface area contributed by atoms with E-state index in [1.165, 1.54) is 0 Å². The molecule has 0 atom stereocenters. The lowest BCUT2D eigenvalue weighted by atomic mass is 10.2. The number of rotatable bonds is 3. The largest absolute Gasteiger partial charge is 0.414 e. The van der Waals surface area contributed by atoms with Crippen molar-refractivity contribution in [1.82, 2.24) is 0 Å². The third-order valence-electron chi connectivity index (χ3n) is 2.38. The highest BCUT2D eigenvalue weighted by Crippen LogP contribution is 2.36. The molecule has 0 N–H and O–H groups in total. The van der Waals surface area contributed by atoms with Gasteiger partial charge in [0, 0.05) is 0 Å². The van der Waals surface area contributed by atoms with Crippen molar-refractivity contribution < 1.29 is 4.43 Å². The first kappa shape index (κ1) is 12.8. The van der Waals surface area contributed by atoms with Gasteiger partial charge in [0.2, 0.25) is 0 Å². The fourth-order valence-electron chi connectivity index (χ4n) is 0.488. The summed E-state index contributed by atoms with van der Waals surface area (Å²) in [5.74, 6) is 0. The summed E-state index contributed by atoms with van der Waals surface area (Å²) in [6.45, 7) is 11.4. The zero-order chi connectivity index (χ0) is 9.99. The molecule has 0 aromatic carbocycles. The highest BCUT2D eigenvalue weighted by molar-refractivity contribution is 6.74. The molecule has 0 amide bonds. The number of hydrogen-bond acceptors (Lipinski definition) is 1. The van der Waals surface area contributed by atoms with E-state index in [9.17, 15) is 0 Å². The number of hydrogen-bond donors (Lipinski definition) is 0. The lowest BCUT2D eigenvalue weighted by Crippen LogP contribution is -2.41. The van der Waals surface area contributed by atoms with E-state index < -0.39 is 13.2 Å². The van der Waals surface area contributed by atoms with E-state index in [0.29, 0.717) is 6.61 Å². The second-order valence-corrected chi connectivity index (χ2v) is 10.5. The molecule has 0 aliphatic rings. The molecule has 0 fully saturated rings. The number of alkyl halides is 2. The Kier molecular flexibility index (Phi) is 4.59. The highest BCUT2D eigenvalue weighted by Gasteiger charge is 2.37. The smallest absolute Gasteiger partial charge is 0.192 e. The van der Waals surface area contributed by atoms with Crippen molar-refractivity contribution in [2.45, 2.75) is 43.7 Å². The average Bonchev–Trinajstić information content (AvgIpc) is 1.81. The monoisotopic (exact) mass is 228 g/mol. The van der Waals surface area contributed by atoms with E-state index in [1.54, 1.807) is 0 Å². The lowest BCUT2D eigenvalue weighted by Gasteiger charge is -2.36. The molecule has 12 heavy (non-hydrogen) atoms. The van der Waals surface area contributed by atoms with Gasteiger partial charge in [0.15, 0.2) is 8.32 Å². The van der Waals surface area contributed by atoms with Crippen LogP contribution in [0.3, 0.4) is 0 Å². The minimum absolute atomic E-state index is 0.232. The molecule has 0 aromatic heterocycles. The molecular formula is C8H18Cl2OSi. The molecule has 0 heterocycles. The maximum absolute atomic E-state index is 5.73. The van der Waals surface area contributed by atoms with Crippen LogP contribution >= 0.6 is 23.2 Å². The first-order valence-corrected chi connectivity index (χ1v) is 7.87. The second-order valence-electron chi connectivity index (χ2n) is 4.46. The molecule has 0 unspecified atom stereocenters. The molecular weight excluding hydrogens is 211 g/mol. The molecule has 0 aliphatic carbocycles. The van der Waals surface area contributed by atoms with Crippen LogP contribution in [-0.4, -0.2) is 19.8 Å². The molecule has 74 valence electrons. The second kappa shape index (κ2) is 4.31. The van der Waals surface area contributed by atoms with Gasteiger partial charge in [-0.1, -0.05) is 20.8 Å². The molecule has 1 nitrogen and oxygen atoms in total. The Bertz CT molecular complexity index is 140. The third kappa shape index (κ3) is 4.12. The van der Waals surface area contributed by atoms with Gasteiger partial charge in [0.25, 0.3) is 0 Å². The SMILES string of the molecule is CC(C)(C)[Si](C)(C)OCC(Cl)Cl. The zero-order valence-electron chi connectivity index (χ0n) is 8.45. The fraction of sp³-hybridized carbons (Fsp3) is 1.00. The van der Waals surface area contributed by atoms with Gasteiger partial charge in [-0.25, -0.2) is 0 Å². The van der Waals surface area contributed by atoms with E-state index >= 15 is 0 Å². The molecule has 0 bridgehead atoms. The molecule has 0 saturated carbocycles. The summed E-state index contributed by atoms with van der Waals surface area (Å²) in [4.78, 5) is -0.404. The summed E-state index contributed by atoms with van der Waals surface area (Å²) >= 11 is 11.2. The van der Waals surface area contributed by atoms with Gasteiger partial charge in [-0.15, -0.1) is 23.2 Å². The minimum Gasteiger partial charge on any atom is -0.414 e. The maximum atomic E-state index is 5.73.